The van der Waals surface area contributed by atoms with E-state index in [1.54, 1.807) is 27.7 Å². The van der Waals surface area contributed by atoms with Crippen LogP contribution in [0, 0.1) is 0 Å². The number of esters is 1. The molecule has 1 unspecified atom stereocenters. The Labute approximate surface area is 103 Å². The molecule has 0 aromatic carbocycles. The van der Waals surface area contributed by atoms with Crippen LogP contribution in [0.25, 0.3) is 0 Å². The third-order valence-corrected chi connectivity index (χ3v) is 1.75. The van der Waals surface area contributed by atoms with Crippen molar-refractivity contribution < 1.29 is 14.3 Å². The number of amides is 1. The summed E-state index contributed by atoms with van der Waals surface area (Å²) in [6.45, 7) is 6.95. The SMILES string of the molecule is CCOC(=O)C(C)(C)NC(=O)CC(C)N.Cl. The largest absolute Gasteiger partial charge is 0.464 e. The smallest absolute Gasteiger partial charge is 0.331 e. The lowest BCUT2D eigenvalue weighted by molar-refractivity contribution is -0.151. The van der Waals surface area contributed by atoms with Crippen molar-refractivity contribution >= 4 is 24.3 Å². The van der Waals surface area contributed by atoms with Crippen molar-refractivity contribution in [1.29, 1.82) is 0 Å². The summed E-state index contributed by atoms with van der Waals surface area (Å²) in [6, 6.07) is -0.219. The quantitative estimate of drug-likeness (QED) is 0.703. The highest BCUT2D eigenvalue weighted by Gasteiger charge is 2.30. The van der Waals surface area contributed by atoms with Crippen LogP contribution in [0.15, 0.2) is 0 Å². The van der Waals surface area contributed by atoms with Gasteiger partial charge in [0.2, 0.25) is 5.91 Å². The maximum absolute atomic E-state index is 11.4. The van der Waals surface area contributed by atoms with Gasteiger partial charge in [-0.2, -0.15) is 0 Å². The van der Waals surface area contributed by atoms with Crippen molar-refractivity contribution in [2.45, 2.75) is 45.7 Å². The van der Waals surface area contributed by atoms with Gasteiger partial charge in [-0.3, -0.25) is 4.79 Å². The Bertz CT molecular complexity index is 242. The number of hydrogen-bond donors (Lipinski definition) is 2. The van der Waals surface area contributed by atoms with Crippen molar-refractivity contribution in [3.63, 3.8) is 0 Å². The van der Waals surface area contributed by atoms with E-state index < -0.39 is 11.5 Å². The molecule has 0 aromatic rings. The van der Waals surface area contributed by atoms with E-state index >= 15 is 0 Å². The molecule has 1 amide bonds. The zero-order valence-corrected chi connectivity index (χ0v) is 11.0. The fraction of sp³-hybridized carbons (Fsp3) is 0.800. The standard InChI is InChI=1S/C10H20N2O3.ClH/c1-5-15-9(14)10(3,4)12-8(13)6-7(2)11;/h7H,5-6,11H2,1-4H3,(H,12,13);1H. The van der Waals surface area contributed by atoms with Gasteiger partial charge in [-0.1, -0.05) is 0 Å². The predicted molar refractivity (Wildman–Crippen MR) is 64.4 cm³/mol. The van der Waals surface area contributed by atoms with Crippen LogP contribution in [0.1, 0.15) is 34.1 Å². The zero-order valence-electron chi connectivity index (χ0n) is 10.2. The molecule has 0 saturated carbocycles. The molecule has 0 rings (SSSR count). The number of ether oxygens (including phenoxy) is 1. The highest BCUT2D eigenvalue weighted by atomic mass is 35.5. The molecule has 0 fully saturated rings. The molecule has 0 aromatic heterocycles. The molecular weight excluding hydrogens is 232 g/mol. The molecule has 5 nitrogen and oxygen atoms in total. The van der Waals surface area contributed by atoms with Gasteiger partial charge in [-0.05, 0) is 27.7 Å². The Balaban J connectivity index is 0. The summed E-state index contributed by atoms with van der Waals surface area (Å²) in [4.78, 5) is 22.8. The molecule has 0 aliphatic rings. The molecular formula is C10H21ClN2O3. The van der Waals surface area contributed by atoms with Gasteiger partial charge in [-0.15, -0.1) is 12.4 Å². The lowest BCUT2D eigenvalue weighted by Crippen LogP contribution is -2.51. The fourth-order valence-corrected chi connectivity index (χ4v) is 1.05. The van der Waals surface area contributed by atoms with Gasteiger partial charge in [0.15, 0.2) is 0 Å². The van der Waals surface area contributed by atoms with Crippen LogP contribution >= 0.6 is 12.4 Å². The number of nitrogens with one attached hydrogen (secondary N) is 1. The molecule has 0 heterocycles. The molecule has 0 aliphatic heterocycles. The van der Waals surface area contributed by atoms with Gasteiger partial charge in [-0.25, -0.2) is 4.79 Å². The summed E-state index contributed by atoms with van der Waals surface area (Å²) in [7, 11) is 0. The minimum Gasteiger partial charge on any atom is -0.464 e. The van der Waals surface area contributed by atoms with Gasteiger partial charge in [0.25, 0.3) is 0 Å². The summed E-state index contributed by atoms with van der Waals surface area (Å²) in [6.07, 6.45) is 0.197. The van der Waals surface area contributed by atoms with Crippen LogP contribution in [-0.4, -0.2) is 30.1 Å². The second-order valence-electron chi connectivity index (χ2n) is 4.08. The number of carbonyl (C=O) groups excluding carboxylic acids is 2. The van der Waals surface area contributed by atoms with Crippen LogP contribution in [0.2, 0.25) is 0 Å². The number of nitrogens with two attached hydrogens (primary N) is 1. The van der Waals surface area contributed by atoms with Crippen molar-refractivity contribution in [2.75, 3.05) is 6.61 Å². The third-order valence-electron chi connectivity index (χ3n) is 1.75. The van der Waals surface area contributed by atoms with E-state index in [0.29, 0.717) is 6.61 Å². The molecule has 6 heteroatoms. The first-order valence-electron chi connectivity index (χ1n) is 5.03. The van der Waals surface area contributed by atoms with Crippen molar-refractivity contribution in [2.24, 2.45) is 5.73 Å². The van der Waals surface area contributed by atoms with Gasteiger partial charge in [0.1, 0.15) is 5.54 Å². The van der Waals surface area contributed by atoms with Crippen LogP contribution in [0.3, 0.4) is 0 Å². The second-order valence-corrected chi connectivity index (χ2v) is 4.08. The fourth-order valence-electron chi connectivity index (χ4n) is 1.05. The number of carbonyl (C=O) groups is 2. The van der Waals surface area contributed by atoms with Crippen LogP contribution in [0.4, 0.5) is 0 Å². The lowest BCUT2D eigenvalue weighted by Gasteiger charge is -2.24. The summed E-state index contributed by atoms with van der Waals surface area (Å²) in [5.74, 6) is -0.689. The minimum absolute atomic E-state index is 0. The van der Waals surface area contributed by atoms with E-state index in [9.17, 15) is 9.59 Å². The molecule has 1 atom stereocenters. The van der Waals surface area contributed by atoms with E-state index in [2.05, 4.69) is 5.32 Å². The van der Waals surface area contributed by atoms with Gasteiger partial charge in [0, 0.05) is 12.5 Å². The summed E-state index contributed by atoms with van der Waals surface area (Å²) < 4.78 is 4.83. The highest BCUT2D eigenvalue weighted by molar-refractivity contribution is 5.87. The van der Waals surface area contributed by atoms with Crippen LogP contribution in [0.5, 0.6) is 0 Å². The normalized spacial score (nSPS) is 12.3. The summed E-state index contributed by atoms with van der Waals surface area (Å²) in [5, 5.41) is 2.58. The van der Waals surface area contributed by atoms with Gasteiger partial charge in [0.05, 0.1) is 6.61 Å². The molecule has 0 spiro atoms. The van der Waals surface area contributed by atoms with E-state index in [0.717, 1.165) is 0 Å². The molecule has 96 valence electrons. The number of rotatable bonds is 5. The molecule has 3 N–H and O–H groups in total. The van der Waals surface area contributed by atoms with Gasteiger partial charge < -0.3 is 15.8 Å². The summed E-state index contributed by atoms with van der Waals surface area (Å²) in [5.41, 5.74) is 4.47. The Morgan fingerprint density at radius 1 is 1.44 bits per heavy atom. The number of hydrogen-bond acceptors (Lipinski definition) is 4. The average Bonchev–Trinajstić information content (AvgIpc) is 2.01. The topological polar surface area (TPSA) is 81.4 Å². The van der Waals surface area contributed by atoms with E-state index in [1.165, 1.54) is 0 Å². The first-order chi connectivity index (χ1) is 6.79. The lowest BCUT2D eigenvalue weighted by atomic mass is 10.1. The first kappa shape index (κ1) is 17.6. The summed E-state index contributed by atoms with van der Waals surface area (Å²) >= 11 is 0. The third kappa shape index (κ3) is 6.63. The van der Waals surface area contributed by atoms with Crippen molar-refractivity contribution in [3.05, 3.63) is 0 Å². The molecule has 0 bridgehead atoms. The Morgan fingerprint density at radius 3 is 2.31 bits per heavy atom. The Morgan fingerprint density at radius 2 is 1.94 bits per heavy atom. The maximum Gasteiger partial charge on any atom is 0.331 e. The van der Waals surface area contributed by atoms with Gasteiger partial charge >= 0.3 is 5.97 Å². The highest BCUT2D eigenvalue weighted by Crippen LogP contribution is 2.05. The average molecular weight is 253 g/mol. The second kappa shape index (κ2) is 7.46. The number of halogens is 1. The van der Waals surface area contributed by atoms with Crippen LogP contribution in [-0.2, 0) is 14.3 Å². The molecule has 0 aliphatic carbocycles. The van der Waals surface area contributed by atoms with Crippen LogP contribution < -0.4 is 11.1 Å². The Kier molecular flexibility index (Phi) is 8.20. The van der Waals surface area contributed by atoms with E-state index in [1.807, 2.05) is 0 Å². The monoisotopic (exact) mass is 252 g/mol. The predicted octanol–water partition coefficient (Wildman–Crippen LogP) is 0.603. The minimum atomic E-state index is -0.998. The molecule has 16 heavy (non-hydrogen) atoms. The van der Waals surface area contributed by atoms with Crippen molar-refractivity contribution in [1.82, 2.24) is 5.32 Å². The Hall–Kier alpha value is -0.810. The van der Waals surface area contributed by atoms with E-state index in [-0.39, 0.29) is 30.8 Å². The molecule has 0 radical (unpaired) electrons. The zero-order chi connectivity index (χ0) is 12.1. The van der Waals surface area contributed by atoms with E-state index in [4.69, 9.17) is 10.5 Å². The van der Waals surface area contributed by atoms with Crippen molar-refractivity contribution in [3.8, 4) is 0 Å². The first-order valence-corrected chi connectivity index (χ1v) is 5.03. The maximum atomic E-state index is 11.4. The molecule has 0 saturated heterocycles.